The summed E-state index contributed by atoms with van der Waals surface area (Å²) in [5, 5.41) is 19.3. The SMILES string of the molecule is CN(CCC1(O)CCCC1)Cc1ccccc1OCCO. The standard InChI is InChI=1S/C17H27NO3/c1-18(11-10-17(20)8-4-5-9-17)14-15-6-2-3-7-16(15)21-13-12-19/h2-3,6-7,19-20H,4-5,8-14H2,1H3. The maximum absolute atomic E-state index is 10.4. The summed E-state index contributed by atoms with van der Waals surface area (Å²) in [5.74, 6) is 0.831. The van der Waals surface area contributed by atoms with Gasteiger partial charge in [0.25, 0.3) is 0 Å². The van der Waals surface area contributed by atoms with Gasteiger partial charge in [0.05, 0.1) is 12.2 Å². The van der Waals surface area contributed by atoms with E-state index in [1.807, 2.05) is 24.3 Å². The summed E-state index contributed by atoms with van der Waals surface area (Å²) < 4.78 is 5.56. The van der Waals surface area contributed by atoms with Crippen molar-refractivity contribution in [2.45, 2.75) is 44.2 Å². The monoisotopic (exact) mass is 293 g/mol. The number of nitrogens with zero attached hydrogens (tertiary/aromatic N) is 1. The molecular weight excluding hydrogens is 266 g/mol. The Hall–Kier alpha value is -1.10. The summed E-state index contributed by atoms with van der Waals surface area (Å²) in [6, 6.07) is 7.92. The Morgan fingerprint density at radius 1 is 1.24 bits per heavy atom. The molecule has 1 aromatic carbocycles. The molecule has 4 heteroatoms. The van der Waals surface area contributed by atoms with Crippen LogP contribution in [0.5, 0.6) is 5.75 Å². The van der Waals surface area contributed by atoms with E-state index in [-0.39, 0.29) is 6.61 Å². The van der Waals surface area contributed by atoms with Crippen molar-refractivity contribution in [2.75, 3.05) is 26.8 Å². The van der Waals surface area contributed by atoms with E-state index < -0.39 is 5.60 Å². The lowest BCUT2D eigenvalue weighted by Gasteiger charge is -2.26. The molecule has 1 aliphatic rings. The first-order chi connectivity index (χ1) is 10.1. The molecule has 0 atom stereocenters. The van der Waals surface area contributed by atoms with Crippen LogP contribution in [0, 0.1) is 0 Å². The van der Waals surface area contributed by atoms with Crippen LogP contribution in [-0.4, -0.2) is 47.5 Å². The Morgan fingerprint density at radius 2 is 1.95 bits per heavy atom. The van der Waals surface area contributed by atoms with E-state index in [2.05, 4.69) is 11.9 Å². The Balaban J connectivity index is 1.85. The van der Waals surface area contributed by atoms with Crippen LogP contribution in [0.15, 0.2) is 24.3 Å². The van der Waals surface area contributed by atoms with Crippen molar-refractivity contribution < 1.29 is 14.9 Å². The van der Waals surface area contributed by atoms with Crippen molar-refractivity contribution in [3.63, 3.8) is 0 Å². The van der Waals surface area contributed by atoms with Crippen LogP contribution >= 0.6 is 0 Å². The number of hydrogen-bond acceptors (Lipinski definition) is 4. The quantitative estimate of drug-likeness (QED) is 0.771. The van der Waals surface area contributed by atoms with E-state index >= 15 is 0 Å². The molecule has 2 rings (SSSR count). The highest BCUT2D eigenvalue weighted by Crippen LogP contribution is 2.32. The van der Waals surface area contributed by atoms with Crippen LogP contribution in [0.2, 0.25) is 0 Å². The summed E-state index contributed by atoms with van der Waals surface area (Å²) in [4.78, 5) is 2.22. The van der Waals surface area contributed by atoms with Gasteiger partial charge in [0, 0.05) is 18.7 Å². The van der Waals surface area contributed by atoms with Gasteiger partial charge in [-0.25, -0.2) is 0 Å². The van der Waals surface area contributed by atoms with E-state index in [0.717, 1.165) is 56.5 Å². The van der Waals surface area contributed by atoms with Crippen LogP contribution in [0.4, 0.5) is 0 Å². The number of para-hydroxylation sites is 1. The van der Waals surface area contributed by atoms with E-state index in [9.17, 15) is 5.11 Å². The zero-order chi connectivity index (χ0) is 15.1. The Kier molecular flexibility index (Phi) is 6.03. The van der Waals surface area contributed by atoms with E-state index in [0.29, 0.717) is 6.61 Å². The molecule has 21 heavy (non-hydrogen) atoms. The third-order valence-corrected chi connectivity index (χ3v) is 4.25. The fraction of sp³-hybridized carbons (Fsp3) is 0.647. The molecule has 1 aromatic rings. The molecular formula is C17H27NO3. The van der Waals surface area contributed by atoms with Crippen molar-refractivity contribution in [1.29, 1.82) is 0 Å². The smallest absolute Gasteiger partial charge is 0.123 e. The zero-order valence-electron chi connectivity index (χ0n) is 12.9. The van der Waals surface area contributed by atoms with Gasteiger partial charge in [-0.1, -0.05) is 31.0 Å². The lowest BCUT2D eigenvalue weighted by molar-refractivity contribution is 0.0297. The topological polar surface area (TPSA) is 52.9 Å². The van der Waals surface area contributed by atoms with E-state index in [4.69, 9.17) is 9.84 Å². The minimum absolute atomic E-state index is 0.0250. The largest absolute Gasteiger partial charge is 0.491 e. The Morgan fingerprint density at radius 3 is 2.67 bits per heavy atom. The summed E-state index contributed by atoms with van der Waals surface area (Å²) >= 11 is 0. The second kappa shape index (κ2) is 7.78. The summed E-state index contributed by atoms with van der Waals surface area (Å²) in [5.41, 5.74) is 0.674. The minimum Gasteiger partial charge on any atom is -0.491 e. The van der Waals surface area contributed by atoms with E-state index in [1.165, 1.54) is 0 Å². The van der Waals surface area contributed by atoms with Crippen LogP contribution in [0.1, 0.15) is 37.7 Å². The third kappa shape index (κ3) is 4.99. The van der Waals surface area contributed by atoms with E-state index in [1.54, 1.807) is 0 Å². The lowest BCUT2D eigenvalue weighted by atomic mass is 9.98. The molecule has 0 bridgehead atoms. The maximum Gasteiger partial charge on any atom is 0.123 e. The van der Waals surface area contributed by atoms with Gasteiger partial charge in [-0.15, -0.1) is 0 Å². The fourth-order valence-corrected chi connectivity index (χ4v) is 2.98. The predicted molar refractivity (Wildman–Crippen MR) is 83.4 cm³/mol. The van der Waals surface area contributed by atoms with Crippen molar-refractivity contribution in [2.24, 2.45) is 0 Å². The average Bonchev–Trinajstić information content (AvgIpc) is 2.92. The first kappa shape index (κ1) is 16.3. The summed E-state index contributed by atoms with van der Waals surface area (Å²) in [6.45, 7) is 2.01. The third-order valence-electron chi connectivity index (χ3n) is 4.25. The highest BCUT2D eigenvalue weighted by atomic mass is 16.5. The van der Waals surface area contributed by atoms with Crippen LogP contribution in [-0.2, 0) is 6.54 Å². The zero-order valence-corrected chi connectivity index (χ0v) is 12.9. The van der Waals surface area contributed by atoms with Crippen LogP contribution in [0.25, 0.3) is 0 Å². The molecule has 0 heterocycles. The van der Waals surface area contributed by atoms with Gasteiger partial charge in [-0.3, -0.25) is 0 Å². The van der Waals surface area contributed by atoms with Gasteiger partial charge >= 0.3 is 0 Å². The molecule has 0 amide bonds. The molecule has 0 radical (unpaired) electrons. The molecule has 0 saturated heterocycles. The highest BCUT2D eigenvalue weighted by molar-refractivity contribution is 5.33. The second-order valence-electron chi connectivity index (χ2n) is 6.10. The molecule has 1 saturated carbocycles. The molecule has 118 valence electrons. The van der Waals surface area contributed by atoms with Crippen LogP contribution < -0.4 is 4.74 Å². The molecule has 0 aromatic heterocycles. The van der Waals surface area contributed by atoms with Gasteiger partial charge in [-0.2, -0.15) is 0 Å². The highest BCUT2D eigenvalue weighted by Gasteiger charge is 2.30. The molecule has 0 spiro atoms. The molecule has 2 N–H and O–H groups in total. The molecule has 0 unspecified atom stereocenters. The first-order valence-corrected chi connectivity index (χ1v) is 7.85. The van der Waals surface area contributed by atoms with Crippen molar-refractivity contribution in [3.05, 3.63) is 29.8 Å². The summed E-state index contributed by atoms with van der Waals surface area (Å²) in [7, 11) is 2.07. The normalized spacial score (nSPS) is 17.3. The second-order valence-corrected chi connectivity index (χ2v) is 6.10. The van der Waals surface area contributed by atoms with Gasteiger partial charge in [0.1, 0.15) is 12.4 Å². The summed E-state index contributed by atoms with van der Waals surface area (Å²) in [6.07, 6.45) is 5.02. The van der Waals surface area contributed by atoms with Crippen LogP contribution in [0.3, 0.4) is 0 Å². The Bertz CT molecular complexity index is 430. The first-order valence-electron chi connectivity index (χ1n) is 7.85. The number of benzene rings is 1. The molecule has 1 aliphatic carbocycles. The number of ether oxygens (including phenoxy) is 1. The predicted octanol–water partition coefficient (Wildman–Crippen LogP) is 2.18. The van der Waals surface area contributed by atoms with Gasteiger partial charge < -0.3 is 19.8 Å². The van der Waals surface area contributed by atoms with Crippen molar-refractivity contribution in [3.8, 4) is 5.75 Å². The molecule has 0 aliphatic heterocycles. The van der Waals surface area contributed by atoms with Crippen molar-refractivity contribution in [1.82, 2.24) is 4.90 Å². The minimum atomic E-state index is -0.443. The number of aliphatic hydroxyl groups excluding tert-OH is 1. The average molecular weight is 293 g/mol. The fourth-order valence-electron chi connectivity index (χ4n) is 2.98. The van der Waals surface area contributed by atoms with Gasteiger partial charge in [0.15, 0.2) is 0 Å². The molecule has 4 nitrogen and oxygen atoms in total. The van der Waals surface area contributed by atoms with Gasteiger partial charge in [0.2, 0.25) is 0 Å². The number of hydrogen-bond donors (Lipinski definition) is 2. The Labute approximate surface area is 127 Å². The maximum atomic E-state index is 10.4. The van der Waals surface area contributed by atoms with Crippen molar-refractivity contribution >= 4 is 0 Å². The molecule has 1 fully saturated rings. The van der Waals surface area contributed by atoms with Gasteiger partial charge in [-0.05, 0) is 32.4 Å². The number of rotatable bonds is 8. The number of aliphatic hydroxyl groups is 2. The lowest BCUT2D eigenvalue weighted by Crippen LogP contribution is -2.31.